The van der Waals surface area contributed by atoms with Crippen LogP contribution in [0, 0.1) is 5.92 Å². The van der Waals surface area contributed by atoms with Gasteiger partial charge in [0.05, 0.1) is 17.3 Å². The summed E-state index contributed by atoms with van der Waals surface area (Å²) in [6, 6.07) is 0. The van der Waals surface area contributed by atoms with Crippen molar-refractivity contribution in [1.29, 1.82) is 0 Å². The van der Waals surface area contributed by atoms with Crippen LogP contribution in [0.1, 0.15) is 44.8 Å². The first-order valence-corrected chi connectivity index (χ1v) is 9.80. The van der Waals surface area contributed by atoms with Gasteiger partial charge in [-0.1, -0.05) is 20.8 Å². The zero-order chi connectivity index (χ0) is 17.6. The van der Waals surface area contributed by atoms with Gasteiger partial charge in [-0.25, -0.2) is 4.98 Å². The van der Waals surface area contributed by atoms with E-state index < -0.39 is 0 Å². The molecule has 2 heterocycles. The number of ether oxygens (including phenoxy) is 1. The molecule has 0 saturated carbocycles. The number of likely N-dealkylation sites (tertiary alicyclic amines) is 1. The summed E-state index contributed by atoms with van der Waals surface area (Å²) in [6.07, 6.45) is 2.12. The molecule has 0 bridgehead atoms. The Morgan fingerprint density at radius 3 is 2.92 bits per heavy atom. The highest BCUT2D eigenvalue weighted by Crippen LogP contribution is 2.24. The standard InChI is InChI=1S/C18H32N4OS/c1-6-23-12-14-8-10-22(11-14)17(19-5)20-9-7-16-21-15(13-24-16)18(2,3)4/h13-14H,6-12H2,1-5H3,(H,19,20). The Labute approximate surface area is 150 Å². The van der Waals surface area contributed by atoms with E-state index in [0.29, 0.717) is 5.92 Å². The highest BCUT2D eigenvalue weighted by molar-refractivity contribution is 7.09. The van der Waals surface area contributed by atoms with E-state index >= 15 is 0 Å². The van der Waals surface area contributed by atoms with Gasteiger partial charge in [-0.05, 0) is 13.3 Å². The summed E-state index contributed by atoms with van der Waals surface area (Å²) >= 11 is 1.76. The first-order valence-electron chi connectivity index (χ1n) is 8.92. The summed E-state index contributed by atoms with van der Waals surface area (Å²) in [5, 5.41) is 6.86. The normalized spacial score (nSPS) is 19.1. The van der Waals surface area contributed by atoms with E-state index in [1.165, 1.54) is 17.1 Å². The van der Waals surface area contributed by atoms with E-state index in [9.17, 15) is 0 Å². The molecule has 1 aliphatic rings. The lowest BCUT2D eigenvalue weighted by molar-refractivity contribution is 0.114. The van der Waals surface area contributed by atoms with Crippen LogP contribution < -0.4 is 5.32 Å². The van der Waals surface area contributed by atoms with Gasteiger partial charge in [0, 0.05) is 56.4 Å². The van der Waals surface area contributed by atoms with E-state index in [1.54, 1.807) is 11.3 Å². The van der Waals surface area contributed by atoms with Crippen molar-refractivity contribution < 1.29 is 4.74 Å². The highest BCUT2D eigenvalue weighted by Gasteiger charge is 2.24. The first kappa shape index (κ1) is 19.2. The molecule has 1 unspecified atom stereocenters. The van der Waals surface area contributed by atoms with Crippen LogP contribution in [0.15, 0.2) is 10.4 Å². The van der Waals surface area contributed by atoms with Gasteiger partial charge in [0.25, 0.3) is 0 Å². The molecule has 2 rings (SSSR count). The predicted molar refractivity (Wildman–Crippen MR) is 102 cm³/mol. The van der Waals surface area contributed by atoms with Crippen LogP contribution in [0.2, 0.25) is 0 Å². The van der Waals surface area contributed by atoms with E-state index in [1.807, 2.05) is 7.05 Å². The van der Waals surface area contributed by atoms with Crippen LogP contribution in [0.5, 0.6) is 0 Å². The number of thiazole rings is 1. The molecule has 0 spiro atoms. The van der Waals surface area contributed by atoms with E-state index in [2.05, 4.69) is 48.3 Å². The largest absolute Gasteiger partial charge is 0.381 e. The third-order valence-corrected chi connectivity index (χ3v) is 5.21. The van der Waals surface area contributed by atoms with Crippen LogP contribution >= 0.6 is 11.3 Å². The molecule has 6 heteroatoms. The van der Waals surface area contributed by atoms with Gasteiger partial charge in [0.15, 0.2) is 5.96 Å². The minimum atomic E-state index is 0.128. The minimum Gasteiger partial charge on any atom is -0.381 e. The predicted octanol–water partition coefficient (Wildman–Crippen LogP) is 2.92. The van der Waals surface area contributed by atoms with Crippen molar-refractivity contribution in [3.63, 3.8) is 0 Å². The Morgan fingerprint density at radius 1 is 1.50 bits per heavy atom. The number of hydrogen-bond acceptors (Lipinski definition) is 4. The Morgan fingerprint density at radius 2 is 2.29 bits per heavy atom. The van der Waals surface area contributed by atoms with Crippen molar-refractivity contribution >= 4 is 17.3 Å². The Kier molecular flexibility index (Phi) is 7.04. The Hall–Kier alpha value is -1.14. The van der Waals surface area contributed by atoms with Crippen molar-refractivity contribution in [2.75, 3.05) is 39.9 Å². The molecular weight excluding hydrogens is 320 g/mol. The van der Waals surface area contributed by atoms with Gasteiger partial charge in [0.2, 0.25) is 0 Å². The van der Waals surface area contributed by atoms with Crippen LogP contribution in [-0.2, 0) is 16.6 Å². The lowest BCUT2D eigenvalue weighted by Crippen LogP contribution is -2.41. The third kappa shape index (κ3) is 5.45. The number of guanidine groups is 1. The second-order valence-electron chi connectivity index (χ2n) is 7.36. The maximum Gasteiger partial charge on any atom is 0.193 e. The molecule has 0 radical (unpaired) electrons. The molecule has 136 valence electrons. The van der Waals surface area contributed by atoms with Crippen molar-refractivity contribution in [2.24, 2.45) is 10.9 Å². The van der Waals surface area contributed by atoms with Crippen LogP contribution in [0.25, 0.3) is 0 Å². The first-order chi connectivity index (χ1) is 11.4. The molecule has 0 amide bonds. The lowest BCUT2D eigenvalue weighted by Gasteiger charge is -2.21. The number of rotatable bonds is 6. The number of hydrogen-bond donors (Lipinski definition) is 1. The van der Waals surface area contributed by atoms with Gasteiger partial charge >= 0.3 is 0 Å². The summed E-state index contributed by atoms with van der Waals surface area (Å²) in [5.41, 5.74) is 1.31. The number of aliphatic imine (C=N–C) groups is 1. The molecule has 0 aromatic carbocycles. The maximum atomic E-state index is 5.55. The molecule has 1 N–H and O–H groups in total. The highest BCUT2D eigenvalue weighted by atomic mass is 32.1. The fraction of sp³-hybridized carbons (Fsp3) is 0.778. The van der Waals surface area contributed by atoms with Crippen molar-refractivity contribution in [3.05, 3.63) is 16.1 Å². The molecule has 5 nitrogen and oxygen atoms in total. The zero-order valence-electron chi connectivity index (χ0n) is 15.8. The molecule has 1 atom stereocenters. The number of nitrogens with one attached hydrogen (secondary N) is 1. The average Bonchev–Trinajstić information content (AvgIpc) is 3.18. The van der Waals surface area contributed by atoms with Gasteiger partial charge in [-0.15, -0.1) is 11.3 Å². The summed E-state index contributed by atoms with van der Waals surface area (Å²) in [4.78, 5) is 11.5. The SMILES string of the molecule is CCOCC1CCN(C(=NC)NCCc2nc(C(C)(C)C)cs2)C1. The summed E-state index contributed by atoms with van der Waals surface area (Å²) in [6.45, 7) is 13.3. The van der Waals surface area contributed by atoms with Crippen LogP contribution in [-0.4, -0.2) is 55.7 Å². The van der Waals surface area contributed by atoms with Gasteiger partial charge in [0.1, 0.15) is 0 Å². The summed E-state index contributed by atoms with van der Waals surface area (Å²) in [5.74, 6) is 1.62. The molecule has 1 saturated heterocycles. The van der Waals surface area contributed by atoms with Gasteiger partial charge in [-0.3, -0.25) is 4.99 Å². The summed E-state index contributed by atoms with van der Waals surface area (Å²) in [7, 11) is 1.86. The second kappa shape index (κ2) is 8.81. The molecule has 1 aromatic rings. The second-order valence-corrected chi connectivity index (χ2v) is 8.30. The fourth-order valence-electron chi connectivity index (χ4n) is 2.83. The topological polar surface area (TPSA) is 49.8 Å². The molecule has 1 aliphatic heterocycles. The number of aromatic nitrogens is 1. The molecular formula is C18H32N4OS. The monoisotopic (exact) mass is 352 g/mol. The Bertz CT molecular complexity index is 535. The molecule has 24 heavy (non-hydrogen) atoms. The Balaban J connectivity index is 1.77. The minimum absolute atomic E-state index is 0.128. The quantitative estimate of drug-likeness (QED) is 0.632. The molecule has 0 aliphatic carbocycles. The zero-order valence-corrected chi connectivity index (χ0v) is 16.6. The summed E-state index contributed by atoms with van der Waals surface area (Å²) < 4.78 is 5.55. The lowest BCUT2D eigenvalue weighted by atomic mass is 9.93. The van der Waals surface area contributed by atoms with Gasteiger partial charge in [-0.2, -0.15) is 0 Å². The van der Waals surface area contributed by atoms with E-state index in [4.69, 9.17) is 9.72 Å². The fourth-order valence-corrected chi connectivity index (χ4v) is 3.85. The van der Waals surface area contributed by atoms with Crippen molar-refractivity contribution in [3.8, 4) is 0 Å². The van der Waals surface area contributed by atoms with Crippen molar-refractivity contribution in [2.45, 2.75) is 46.0 Å². The third-order valence-electron chi connectivity index (χ3n) is 4.30. The van der Waals surface area contributed by atoms with E-state index in [-0.39, 0.29) is 5.41 Å². The van der Waals surface area contributed by atoms with Gasteiger partial charge < -0.3 is 15.0 Å². The average molecular weight is 353 g/mol. The van der Waals surface area contributed by atoms with Crippen molar-refractivity contribution in [1.82, 2.24) is 15.2 Å². The number of nitrogens with zero attached hydrogens (tertiary/aromatic N) is 3. The molecule has 1 aromatic heterocycles. The van der Waals surface area contributed by atoms with Crippen LogP contribution in [0.3, 0.4) is 0 Å². The van der Waals surface area contributed by atoms with Crippen LogP contribution in [0.4, 0.5) is 0 Å². The molecule has 1 fully saturated rings. The van der Waals surface area contributed by atoms with E-state index in [0.717, 1.165) is 45.2 Å². The maximum absolute atomic E-state index is 5.55. The smallest absolute Gasteiger partial charge is 0.193 e.